The Bertz CT molecular complexity index is 1270. The highest BCUT2D eigenvalue weighted by Gasteiger charge is 2.28. The molecule has 1 amide bonds. The molecule has 0 bridgehead atoms. The van der Waals surface area contributed by atoms with Crippen LogP contribution in [0.5, 0.6) is 11.6 Å². The van der Waals surface area contributed by atoms with Crippen molar-refractivity contribution in [2.45, 2.75) is 25.3 Å². The van der Waals surface area contributed by atoms with Crippen LogP contribution < -0.4 is 16.2 Å². The zero-order valence-corrected chi connectivity index (χ0v) is 19.8. The quantitative estimate of drug-likeness (QED) is 0.417. The fourth-order valence-corrected chi connectivity index (χ4v) is 4.29. The number of nitrogens with zero attached hydrogens (tertiary/aromatic N) is 4. The molecule has 1 aliphatic rings. The highest BCUT2D eigenvalue weighted by Crippen LogP contribution is 2.33. The average Bonchev–Trinajstić information content (AvgIpc) is 3.18. The number of alkyl halides is 2. The standard InChI is InChI=1S/C24H24ClF3N6O2/c25-15-11-18(26)24(31-12-15)36-17-7-5-14(6-8-17)21-20(23(30)35)22(29)34(32-21)16-3-1-9-33(13-16)10-2-4-19(27)28/h2,4-8,11-12,16,19H,1,3,9-10,13,29H2,(H2,30,35)/b4-2+/t16-/m1/s1. The number of hydrogen-bond acceptors (Lipinski definition) is 6. The number of allylic oxidation sites excluding steroid dienone is 1. The summed E-state index contributed by atoms with van der Waals surface area (Å²) in [5, 5.41) is 4.75. The van der Waals surface area contributed by atoms with Gasteiger partial charge in [-0.1, -0.05) is 17.7 Å². The van der Waals surface area contributed by atoms with Gasteiger partial charge in [0.25, 0.3) is 18.2 Å². The van der Waals surface area contributed by atoms with Crippen molar-refractivity contribution in [2.75, 3.05) is 25.4 Å². The molecule has 0 radical (unpaired) electrons. The number of anilines is 1. The monoisotopic (exact) mass is 520 g/mol. The van der Waals surface area contributed by atoms with Gasteiger partial charge >= 0.3 is 0 Å². The molecule has 0 aliphatic carbocycles. The highest BCUT2D eigenvalue weighted by molar-refractivity contribution is 6.30. The van der Waals surface area contributed by atoms with Crippen LogP contribution in [-0.2, 0) is 0 Å². The molecule has 0 unspecified atom stereocenters. The predicted octanol–water partition coefficient (Wildman–Crippen LogP) is 4.67. The van der Waals surface area contributed by atoms with Gasteiger partial charge in [0, 0.05) is 24.8 Å². The van der Waals surface area contributed by atoms with E-state index >= 15 is 0 Å². The minimum Gasteiger partial charge on any atom is -0.436 e. The number of primary amides is 1. The molecule has 1 aliphatic heterocycles. The van der Waals surface area contributed by atoms with Gasteiger partial charge in [-0.05, 0) is 55.8 Å². The van der Waals surface area contributed by atoms with E-state index in [0.29, 0.717) is 30.1 Å². The molecule has 8 nitrogen and oxygen atoms in total. The van der Waals surface area contributed by atoms with Crippen LogP contribution in [0.25, 0.3) is 11.3 Å². The molecule has 1 fully saturated rings. The molecule has 3 heterocycles. The summed E-state index contributed by atoms with van der Waals surface area (Å²) < 4.78 is 45.9. The SMILES string of the molecule is NC(=O)c1c(-c2ccc(Oc3ncc(Cl)cc3F)cc2)nn([C@@H]2CCCN(C/C=C/C(F)F)C2)c1N. The van der Waals surface area contributed by atoms with Gasteiger partial charge in [0.1, 0.15) is 22.8 Å². The lowest BCUT2D eigenvalue weighted by atomic mass is 10.1. The van der Waals surface area contributed by atoms with Crippen LogP contribution in [-0.4, -0.2) is 51.6 Å². The highest BCUT2D eigenvalue weighted by atomic mass is 35.5. The molecule has 4 N–H and O–H groups in total. The number of pyridine rings is 1. The molecular formula is C24H24ClF3N6O2. The van der Waals surface area contributed by atoms with E-state index in [1.165, 1.54) is 12.3 Å². The molecule has 190 valence electrons. The van der Waals surface area contributed by atoms with E-state index in [0.717, 1.165) is 31.5 Å². The summed E-state index contributed by atoms with van der Waals surface area (Å²) >= 11 is 5.71. The van der Waals surface area contributed by atoms with E-state index in [1.54, 1.807) is 28.9 Å². The normalized spacial score (nSPS) is 16.6. The van der Waals surface area contributed by atoms with Gasteiger partial charge in [0.15, 0.2) is 5.82 Å². The van der Waals surface area contributed by atoms with Gasteiger partial charge in [-0.15, -0.1) is 0 Å². The predicted molar refractivity (Wildman–Crippen MR) is 130 cm³/mol. The molecule has 1 saturated heterocycles. The van der Waals surface area contributed by atoms with Crippen molar-refractivity contribution in [3.05, 3.63) is 65.1 Å². The Morgan fingerprint density at radius 2 is 2.06 bits per heavy atom. The molecular weight excluding hydrogens is 497 g/mol. The zero-order chi connectivity index (χ0) is 25.8. The number of piperidine rings is 1. The van der Waals surface area contributed by atoms with Crippen LogP contribution in [0.15, 0.2) is 48.7 Å². The van der Waals surface area contributed by atoms with Gasteiger partial charge in [-0.25, -0.2) is 22.8 Å². The smallest absolute Gasteiger partial charge is 0.257 e. The number of amides is 1. The lowest BCUT2D eigenvalue weighted by Crippen LogP contribution is -2.37. The summed E-state index contributed by atoms with van der Waals surface area (Å²) in [4.78, 5) is 18.1. The lowest BCUT2D eigenvalue weighted by molar-refractivity contribution is 0.100. The molecule has 4 rings (SSSR count). The first-order valence-electron chi connectivity index (χ1n) is 11.2. The van der Waals surface area contributed by atoms with Crippen LogP contribution in [0.3, 0.4) is 0 Å². The van der Waals surface area contributed by atoms with Crippen molar-refractivity contribution >= 4 is 23.3 Å². The van der Waals surface area contributed by atoms with Gasteiger partial charge < -0.3 is 16.2 Å². The van der Waals surface area contributed by atoms with E-state index in [-0.39, 0.29) is 28.3 Å². The maximum Gasteiger partial charge on any atom is 0.257 e. The van der Waals surface area contributed by atoms with Crippen molar-refractivity contribution in [1.82, 2.24) is 19.7 Å². The summed E-state index contributed by atoms with van der Waals surface area (Å²) in [7, 11) is 0. The third kappa shape index (κ3) is 5.80. The minimum atomic E-state index is -2.49. The van der Waals surface area contributed by atoms with Crippen LogP contribution in [0.2, 0.25) is 5.02 Å². The number of hydrogen-bond donors (Lipinski definition) is 2. The van der Waals surface area contributed by atoms with E-state index < -0.39 is 18.1 Å². The van der Waals surface area contributed by atoms with E-state index in [4.69, 9.17) is 27.8 Å². The minimum absolute atomic E-state index is 0.0869. The van der Waals surface area contributed by atoms with E-state index in [2.05, 4.69) is 10.1 Å². The fraction of sp³-hybridized carbons (Fsp3) is 0.292. The first-order valence-corrected chi connectivity index (χ1v) is 11.5. The summed E-state index contributed by atoms with van der Waals surface area (Å²) in [6.45, 7) is 1.66. The molecule has 1 atom stereocenters. The average molecular weight is 521 g/mol. The number of ether oxygens (including phenoxy) is 1. The second-order valence-electron chi connectivity index (χ2n) is 8.30. The van der Waals surface area contributed by atoms with E-state index in [1.807, 2.05) is 4.90 Å². The number of nitrogens with two attached hydrogens (primary N) is 2. The summed E-state index contributed by atoms with van der Waals surface area (Å²) in [6, 6.07) is 7.36. The number of benzene rings is 1. The first-order chi connectivity index (χ1) is 17.2. The Morgan fingerprint density at radius 3 is 2.72 bits per heavy atom. The second kappa shape index (κ2) is 11.0. The number of rotatable bonds is 8. The van der Waals surface area contributed by atoms with Gasteiger partial charge in [-0.2, -0.15) is 5.10 Å². The molecule has 0 spiro atoms. The number of likely N-dealkylation sites (tertiary alicyclic amines) is 1. The number of nitrogen functional groups attached to an aromatic ring is 1. The number of aromatic nitrogens is 3. The third-order valence-corrected chi connectivity index (χ3v) is 5.99. The number of carbonyl (C=O) groups is 1. The van der Waals surface area contributed by atoms with Crippen molar-refractivity contribution in [3.8, 4) is 22.9 Å². The van der Waals surface area contributed by atoms with Crippen molar-refractivity contribution in [3.63, 3.8) is 0 Å². The van der Waals surface area contributed by atoms with Crippen LogP contribution in [0.1, 0.15) is 29.2 Å². The van der Waals surface area contributed by atoms with Gasteiger partial charge in [-0.3, -0.25) is 9.69 Å². The Morgan fingerprint density at radius 1 is 1.31 bits per heavy atom. The fourth-order valence-electron chi connectivity index (χ4n) is 4.15. The zero-order valence-electron chi connectivity index (χ0n) is 19.1. The number of halogens is 4. The Hall–Kier alpha value is -3.57. The second-order valence-corrected chi connectivity index (χ2v) is 8.74. The Balaban J connectivity index is 1.57. The third-order valence-electron chi connectivity index (χ3n) is 5.78. The van der Waals surface area contributed by atoms with Gasteiger partial charge in [0.05, 0.1) is 11.1 Å². The molecule has 12 heteroatoms. The Kier molecular flexibility index (Phi) is 7.80. The molecule has 36 heavy (non-hydrogen) atoms. The van der Waals surface area contributed by atoms with Crippen LogP contribution >= 0.6 is 11.6 Å². The maximum absolute atomic E-state index is 14.0. The summed E-state index contributed by atoms with van der Waals surface area (Å²) in [6.07, 6.45) is 2.64. The van der Waals surface area contributed by atoms with Gasteiger partial charge in [0.2, 0.25) is 0 Å². The largest absolute Gasteiger partial charge is 0.436 e. The first kappa shape index (κ1) is 25.5. The molecule has 1 aromatic carbocycles. The van der Waals surface area contributed by atoms with Crippen molar-refractivity contribution < 1.29 is 22.7 Å². The van der Waals surface area contributed by atoms with Crippen molar-refractivity contribution in [2.24, 2.45) is 5.73 Å². The summed E-state index contributed by atoms with van der Waals surface area (Å²) in [5.74, 6) is -1.22. The lowest BCUT2D eigenvalue weighted by Gasteiger charge is -2.32. The Labute approximate surface area is 210 Å². The topological polar surface area (TPSA) is 112 Å². The summed E-state index contributed by atoms with van der Waals surface area (Å²) in [5.41, 5.74) is 12.9. The van der Waals surface area contributed by atoms with Crippen molar-refractivity contribution in [1.29, 1.82) is 0 Å². The van der Waals surface area contributed by atoms with E-state index in [9.17, 15) is 18.0 Å². The van der Waals surface area contributed by atoms with Crippen LogP contribution in [0, 0.1) is 5.82 Å². The maximum atomic E-state index is 14.0. The molecule has 2 aromatic heterocycles. The number of carbonyl (C=O) groups excluding carboxylic acids is 1. The van der Waals surface area contributed by atoms with Crippen LogP contribution in [0.4, 0.5) is 19.0 Å². The molecule has 0 saturated carbocycles. The molecule has 3 aromatic rings.